The summed E-state index contributed by atoms with van der Waals surface area (Å²) in [6.45, 7) is 3.24. The van der Waals surface area contributed by atoms with Crippen LogP contribution in [0.4, 0.5) is 21.6 Å². The molecule has 5 rings (SSSR count). The molecule has 3 heterocycles. The van der Waals surface area contributed by atoms with Gasteiger partial charge in [0.2, 0.25) is 5.91 Å². The first-order valence-corrected chi connectivity index (χ1v) is 13.3. The van der Waals surface area contributed by atoms with E-state index in [9.17, 15) is 14.0 Å². The summed E-state index contributed by atoms with van der Waals surface area (Å²) < 4.78 is 24.8. The Kier molecular flexibility index (Phi) is 8.15. The number of likely N-dealkylation sites (tertiary alicyclic amines) is 1. The molecule has 2 aliphatic heterocycles. The molecule has 3 aromatic rings. The number of carbonyl (C=O) groups is 2. The average Bonchev–Trinajstić information content (AvgIpc) is 2.91. The SMILES string of the molecule is COc1cc2ncnc(Nc3ccc(F)c(Cl)c3)c2cc1NC(=O)/C=C/CN1CCC2(CC1)CN(C)CC(=O)O2. The number of morpholine rings is 1. The van der Waals surface area contributed by atoms with Crippen molar-refractivity contribution in [2.24, 2.45) is 0 Å². The number of halogens is 2. The number of nitrogens with zero attached hydrogens (tertiary/aromatic N) is 4. The number of nitrogens with one attached hydrogen (secondary N) is 2. The number of esters is 1. The van der Waals surface area contributed by atoms with Gasteiger partial charge < -0.3 is 20.1 Å². The fourth-order valence-corrected chi connectivity index (χ4v) is 5.30. The number of amides is 1. The van der Waals surface area contributed by atoms with Gasteiger partial charge in [-0.25, -0.2) is 14.4 Å². The Bertz CT molecular complexity index is 1460. The topological polar surface area (TPSA) is 109 Å². The van der Waals surface area contributed by atoms with Gasteiger partial charge in [-0.3, -0.25) is 19.4 Å². The smallest absolute Gasteiger partial charge is 0.320 e. The molecule has 0 unspecified atom stereocenters. The Hall–Kier alpha value is -3.80. The van der Waals surface area contributed by atoms with Crippen LogP contribution in [0, 0.1) is 5.82 Å². The normalized spacial score (nSPS) is 17.8. The molecule has 0 aliphatic carbocycles. The molecule has 10 nitrogen and oxygen atoms in total. The third kappa shape index (κ3) is 6.33. The van der Waals surface area contributed by atoms with Crippen LogP contribution in [0.5, 0.6) is 5.75 Å². The molecule has 210 valence electrons. The summed E-state index contributed by atoms with van der Waals surface area (Å²) in [5, 5.41) is 6.60. The number of hydrogen-bond acceptors (Lipinski definition) is 9. The molecule has 2 fully saturated rings. The van der Waals surface area contributed by atoms with Gasteiger partial charge in [0.15, 0.2) is 0 Å². The molecule has 2 aliphatic rings. The zero-order chi connectivity index (χ0) is 28.3. The number of rotatable bonds is 7. The molecular weight excluding hydrogens is 539 g/mol. The average molecular weight is 569 g/mol. The number of anilines is 3. The summed E-state index contributed by atoms with van der Waals surface area (Å²) in [5.41, 5.74) is 1.18. The van der Waals surface area contributed by atoms with Crippen molar-refractivity contribution in [3.63, 3.8) is 0 Å². The van der Waals surface area contributed by atoms with E-state index in [1.54, 1.807) is 18.2 Å². The Morgan fingerprint density at radius 3 is 2.77 bits per heavy atom. The van der Waals surface area contributed by atoms with Gasteiger partial charge in [0, 0.05) is 62.2 Å². The third-order valence-corrected chi connectivity index (χ3v) is 7.37. The summed E-state index contributed by atoms with van der Waals surface area (Å²) in [6.07, 6.45) is 6.23. The van der Waals surface area contributed by atoms with Gasteiger partial charge >= 0.3 is 5.97 Å². The molecule has 12 heteroatoms. The van der Waals surface area contributed by atoms with Gasteiger partial charge in [-0.1, -0.05) is 17.7 Å². The first-order chi connectivity index (χ1) is 19.2. The van der Waals surface area contributed by atoms with Gasteiger partial charge in [0.25, 0.3) is 0 Å². The number of benzene rings is 2. The fourth-order valence-electron chi connectivity index (χ4n) is 5.12. The van der Waals surface area contributed by atoms with E-state index < -0.39 is 11.4 Å². The fraction of sp³-hybridized carbons (Fsp3) is 0.357. The zero-order valence-corrected chi connectivity index (χ0v) is 23.0. The van der Waals surface area contributed by atoms with Crippen molar-refractivity contribution in [2.75, 3.05) is 57.5 Å². The lowest BCUT2D eigenvalue weighted by Crippen LogP contribution is -2.57. The lowest BCUT2D eigenvalue weighted by molar-refractivity contribution is -0.179. The van der Waals surface area contributed by atoms with E-state index in [1.165, 1.54) is 31.6 Å². The maximum atomic E-state index is 13.6. The van der Waals surface area contributed by atoms with Gasteiger partial charge in [0.1, 0.15) is 29.3 Å². The van der Waals surface area contributed by atoms with Crippen molar-refractivity contribution in [3.05, 3.63) is 59.7 Å². The van der Waals surface area contributed by atoms with E-state index in [1.807, 2.05) is 18.0 Å². The second kappa shape index (κ2) is 11.7. The van der Waals surface area contributed by atoms with Crippen molar-refractivity contribution in [2.45, 2.75) is 18.4 Å². The van der Waals surface area contributed by atoms with Crippen LogP contribution in [0.2, 0.25) is 5.02 Å². The summed E-state index contributed by atoms with van der Waals surface area (Å²) in [5.74, 6) is -0.103. The molecule has 1 amide bonds. The number of likely N-dealkylation sites (N-methyl/N-ethyl adjacent to an activating group) is 1. The highest BCUT2D eigenvalue weighted by Gasteiger charge is 2.42. The van der Waals surface area contributed by atoms with Gasteiger partial charge in [0.05, 0.1) is 29.9 Å². The molecule has 1 aromatic heterocycles. The monoisotopic (exact) mass is 568 g/mol. The molecule has 0 atom stereocenters. The van der Waals surface area contributed by atoms with Crippen LogP contribution in [-0.4, -0.2) is 84.1 Å². The van der Waals surface area contributed by atoms with Crippen molar-refractivity contribution in [1.82, 2.24) is 19.8 Å². The summed E-state index contributed by atoms with van der Waals surface area (Å²) in [4.78, 5) is 37.5. The second-order valence-electron chi connectivity index (χ2n) is 10.1. The predicted molar refractivity (Wildman–Crippen MR) is 151 cm³/mol. The molecule has 40 heavy (non-hydrogen) atoms. The molecular formula is C28H30ClFN6O4. The lowest BCUT2D eigenvalue weighted by atomic mass is 9.89. The lowest BCUT2D eigenvalue weighted by Gasteiger charge is -2.45. The van der Waals surface area contributed by atoms with Crippen LogP contribution in [-0.2, 0) is 14.3 Å². The van der Waals surface area contributed by atoms with Crippen LogP contribution < -0.4 is 15.4 Å². The minimum Gasteiger partial charge on any atom is -0.494 e. The Balaban J connectivity index is 1.23. The van der Waals surface area contributed by atoms with E-state index in [0.717, 1.165) is 32.5 Å². The Morgan fingerprint density at radius 2 is 2.05 bits per heavy atom. The minimum absolute atomic E-state index is 0.0149. The molecule has 0 bridgehead atoms. The van der Waals surface area contributed by atoms with Gasteiger partial charge in [-0.15, -0.1) is 0 Å². The largest absolute Gasteiger partial charge is 0.494 e. The Morgan fingerprint density at radius 1 is 1.25 bits per heavy atom. The standard InChI is InChI=1S/C28H30ClFN6O4/c1-35-15-26(38)40-28(16-35)7-10-36(11-8-28)9-3-4-25(37)34-23-13-19-22(14-24(23)39-2)31-17-32-27(19)33-18-5-6-21(30)20(29)12-18/h3-6,12-14,17H,7-11,15-16H2,1-2H3,(H,34,37)(H,31,32,33)/b4-3+. The van der Waals surface area contributed by atoms with E-state index in [-0.39, 0.29) is 16.9 Å². The van der Waals surface area contributed by atoms with Gasteiger partial charge in [-0.05, 0) is 31.3 Å². The number of piperidine rings is 1. The van der Waals surface area contributed by atoms with Crippen molar-refractivity contribution >= 4 is 51.6 Å². The number of carbonyl (C=O) groups excluding carboxylic acids is 2. The van der Waals surface area contributed by atoms with Crippen LogP contribution in [0.3, 0.4) is 0 Å². The minimum atomic E-state index is -0.519. The highest BCUT2D eigenvalue weighted by Crippen LogP contribution is 2.34. The summed E-state index contributed by atoms with van der Waals surface area (Å²) in [6, 6.07) is 7.71. The zero-order valence-electron chi connectivity index (χ0n) is 22.2. The molecule has 2 aromatic carbocycles. The summed E-state index contributed by atoms with van der Waals surface area (Å²) in [7, 11) is 3.45. The van der Waals surface area contributed by atoms with Crippen molar-refractivity contribution in [1.29, 1.82) is 0 Å². The quantitative estimate of drug-likeness (QED) is 0.323. The molecule has 2 N–H and O–H groups in total. The van der Waals surface area contributed by atoms with Crippen LogP contribution in [0.15, 0.2) is 48.8 Å². The molecule has 0 radical (unpaired) electrons. The first-order valence-electron chi connectivity index (χ1n) is 12.9. The highest BCUT2D eigenvalue weighted by molar-refractivity contribution is 6.31. The van der Waals surface area contributed by atoms with E-state index in [0.29, 0.717) is 46.9 Å². The van der Waals surface area contributed by atoms with E-state index >= 15 is 0 Å². The highest BCUT2D eigenvalue weighted by atomic mass is 35.5. The van der Waals surface area contributed by atoms with Crippen LogP contribution in [0.1, 0.15) is 12.8 Å². The van der Waals surface area contributed by atoms with Crippen LogP contribution in [0.25, 0.3) is 10.9 Å². The third-order valence-electron chi connectivity index (χ3n) is 7.08. The van der Waals surface area contributed by atoms with Crippen molar-refractivity contribution in [3.8, 4) is 5.75 Å². The second-order valence-corrected chi connectivity index (χ2v) is 10.5. The molecule has 1 spiro atoms. The number of hydrogen-bond donors (Lipinski definition) is 2. The summed E-state index contributed by atoms with van der Waals surface area (Å²) >= 11 is 5.92. The van der Waals surface area contributed by atoms with E-state index in [2.05, 4.69) is 25.5 Å². The number of methoxy groups -OCH3 is 1. The van der Waals surface area contributed by atoms with Crippen LogP contribution >= 0.6 is 11.6 Å². The Labute approximate surface area is 236 Å². The maximum Gasteiger partial charge on any atom is 0.320 e. The predicted octanol–water partition coefficient (Wildman–Crippen LogP) is 3.99. The number of fused-ring (bicyclic) bond motifs is 1. The maximum absolute atomic E-state index is 13.6. The number of ether oxygens (including phenoxy) is 2. The molecule has 0 saturated carbocycles. The van der Waals surface area contributed by atoms with Crippen molar-refractivity contribution < 1.29 is 23.5 Å². The molecule has 2 saturated heterocycles. The number of aromatic nitrogens is 2. The first kappa shape index (κ1) is 27.8. The van der Waals surface area contributed by atoms with E-state index in [4.69, 9.17) is 21.1 Å². The van der Waals surface area contributed by atoms with Gasteiger partial charge in [-0.2, -0.15) is 0 Å².